The van der Waals surface area contributed by atoms with Crippen LogP contribution in [0, 0.1) is 12.8 Å². The first kappa shape index (κ1) is 18.4. The number of amides is 1. The number of carboxylic acid groups (broad SMARTS) is 1. The van der Waals surface area contributed by atoms with Crippen molar-refractivity contribution < 1.29 is 14.7 Å². The third kappa shape index (κ3) is 3.73. The lowest BCUT2D eigenvalue weighted by Crippen LogP contribution is -2.30. The number of halogens is 1. The van der Waals surface area contributed by atoms with Gasteiger partial charge in [-0.05, 0) is 24.6 Å². The first-order valence-electron chi connectivity index (χ1n) is 8.08. The summed E-state index contributed by atoms with van der Waals surface area (Å²) >= 11 is 7.57. The van der Waals surface area contributed by atoms with E-state index in [0.717, 1.165) is 21.5 Å². The van der Waals surface area contributed by atoms with Crippen molar-refractivity contribution in [3.63, 3.8) is 0 Å². The van der Waals surface area contributed by atoms with Crippen molar-refractivity contribution >= 4 is 45.0 Å². The minimum Gasteiger partial charge on any atom is -0.481 e. The summed E-state index contributed by atoms with van der Waals surface area (Å²) in [6.07, 6.45) is 0. The van der Waals surface area contributed by atoms with Gasteiger partial charge in [-0.1, -0.05) is 36.7 Å². The average molecular weight is 392 g/mol. The van der Waals surface area contributed by atoms with Crippen LogP contribution in [-0.4, -0.2) is 33.3 Å². The predicted octanol–water partition coefficient (Wildman–Crippen LogP) is 3.56. The zero-order valence-electron chi connectivity index (χ0n) is 14.3. The van der Waals surface area contributed by atoms with Crippen molar-refractivity contribution in [2.24, 2.45) is 5.92 Å². The van der Waals surface area contributed by atoms with Crippen LogP contribution in [0.5, 0.6) is 0 Å². The van der Waals surface area contributed by atoms with Crippen LogP contribution in [-0.2, 0) is 11.3 Å². The summed E-state index contributed by atoms with van der Waals surface area (Å²) in [5.41, 5.74) is 1.79. The second kappa shape index (κ2) is 7.47. The van der Waals surface area contributed by atoms with Crippen LogP contribution in [0.25, 0.3) is 10.2 Å². The summed E-state index contributed by atoms with van der Waals surface area (Å²) in [5.74, 6) is -1.85. The number of thiophene rings is 1. The Kier molecular flexibility index (Phi) is 5.29. The first-order chi connectivity index (χ1) is 12.4. The molecule has 0 aliphatic rings. The minimum absolute atomic E-state index is 0.0904. The zero-order chi connectivity index (χ0) is 18.8. The van der Waals surface area contributed by atoms with Crippen LogP contribution in [0.4, 0.5) is 0 Å². The number of rotatable bonds is 6. The predicted molar refractivity (Wildman–Crippen MR) is 102 cm³/mol. The number of carboxylic acids is 1. The van der Waals surface area contributed by atoms with Gasteiger partial charge in [0.25, 0.3) is 5.91 Å². The third-order valence-electron chi connectivity index (χ3n) is 4.10. The van der Waals surface area contributed by atoms with Gasteiger partial charge in [-0.25, -0.2) is 0 Å². The van der Waals surface area contributed by atoms with Gasteiger partial charge in [-0.3, -0.25) is 14.3 Å². The van der Waals surface area contributed by atoms with Crippen LogP contribution in [0.2, 0.25) is 5.02 Å². The summed E-state index contributed by atoms with van der Waals surface area (Å²) in [7, 11) is 0. The van der Waals surface area contributed by atoms with E-state index in [1.807, 2.05) is 35.9 Å². The molecule has 0 aliphatic carbocycles. The lowest BCUT2D eigenvalue weighted by atomic mass is 10.2. The molecule has 8 heteroatoms. The molecule has 0 bridgehead atoms. The molecular weight excluding hydrogens is 374 g/mol. The lowest BCUT2D eigenvalue weighted by Gasteiger charge is -2.07. The highest BCUT2D eigenvalue weighted by atomic mass is 35.5. The fourth-order valence-electron chi connectivity index (χ4n) is 2.54. The van der Waals surface area contributed by atoms with E-state index in [1.165, 1.54) is 11.3 Å². The number of nitrogens with one attached hydrogen (secondary N) is 1. The van der Waals surface area contributed by atoms with E-state index in [-0.39, 0.29) is 12.5 Å². The number of hydrogen-bond acceptors (Lipinski definition) is 4. The fraction of sp³-hybridized carbons (Fsp3) is 0.278. The van der Waals surface area contributed by atoms with E-state index in [2.05, 4.69) is 10.4 Å². The molecule has 0 spiro atoms. The third-order valence-corrected chi connectivity index (χ3v) is 5.62. The number of benzene rings is 1. The van der Waals surface area contributed by atoms with E-state index < -0.39 is 11.9 Å². The minimum atomic E-state index is -0.937. The van der Waals surface area contributed by atoms with Crippen LogP contribution in [0.3, 0.4) is 0 Å². The smallest absolute Gasteiger partial charge is 0.308 e. The lowest BCUT2D eigenvalue weighted by molar-refractivity contribution is -0.140. The average Bonchev–Trinajstić information content (AvgIpc) is 3.16. The highest BCUT2D eigenvalue weighted by Crippen LogP contribution is 2.29. The van der Waals surface area contributed by atoms with Crippen molar-refractivity contribution in [3.05, 3.63) is 51.5 Å². The number of aliphatic carboxylic acids is 1. The second-order valence-corrected chi connectivity index (χ2v) is 7.55. The van der Waals surface area contributed by atoms with Gasteiger partial charge in [0, 0.05) is 17.0 Å². The Labute approximate surface area is 159 Å². The molecule has 26 heavy (non-hydrogen) atoms. The van der Waals surface area contributed by atoms with Crippen LogP contribution in [0.1, 0.15) is 27.9 Å². The van der Waals surface area contributed by atoms with Gasteiger partial charge in [-0.15, -0.1) is 11.3 Å². The molecule has 0 fully saturated rings. The van der Waals surface area contributed by atoms with E-state index in [1.54, 1.807) is 13.0 Å². The molecule has 1 unspecified atom stereocenters. The van der Waals surface area contributed by atoms with Gasteiger partial charge in [0.1, 0.15) is 4.83 Å². The summed E-state index contributed by atoms with van der Waals surface area (Å²) in [6.45, 7) is 4.06. The van der Waals surface area contributed by atoms with Gasteiger partial charge in [-0.2, -0.15) is 5.10 Å². The highest BCUT2D eigenvalue weighted by Gasteiger charge is 2.18. The Bertz CT molecular complexity index is 979. The molecule has 0 saturated heterocycles. The summed E-state index contributed by atoms with van der Waals surface area (Å²) < 4.78 is 1.84. The molecule has 0 saturated carbocycles. The fourth-order valence-corrected chi connectivity index (χ4v) is 3.81. The number of carbonyl (C=O) groups excluding carboxylic acids is 1. The maximum absolute atomic E-state index is 12.3. The zero-order valence-corrected chi connectivity index (χ0v) is 15.9. The SMILES string of the molecule is Cc1nn(Cc2ccccc2Cl)c2sc(C(=O)NCC(C)C(=O)O)cc12. The maximum atomic E-state index is 12.3. The molecule has 3 rings (SSSR count). The Morgan fingerprint density at radius 1 is 1.38 bits per heavy atom. The molecule has 2 heterocycles. The largest absolute Gasteiger partial charge is 0.481 e. The number of carbonyl (C=O) groups is 2. The molecule has 2 aromatic heterocycles. The molecule has 136 valence electrons. The quantitative estimate of drug-likeness (QED) is 0.672. The molecule has 3 aromatic rings. The molecule has 1 amide bonds. The maximum Gasteiger partial charge on any atom is 0.308 e. The van der Waals surface area contributed by atoms with Crippen molar-refractivity contribution in [2.45, 2.75) is 20.4 Å². The molecule has 1 aromatic carbocycles. The van der Waals surface area contributed by atoms with Gasteiger partial charge < -0.3 is 10.4 Å². The molecule has 2 N–H and O–H groups in total. The summed E-state index contributed by atoms with van der Waals surface area (Å²) in [5, 5.41) is 17.7. The van der Waals surface area contributed by atoms with Gasteiger partial charge >= 0.3 is 5.97 Å². The number of hydrogen-bond donors (Lipinski definition) is 2. The van der Waals surface area contributed by atoms with Crippen molar-refractivity contribution in [3.8, 4) is 0 Å². The number of aromatic nitrogens is 2. The molecule has 1 atom stereocenters. The number of fused-ring (bicyclic) bond motifs is 1. The van der Waals surface area contributed by atoms with E-state index in [0.29, 0.717) is 16.4 Å². The Balaban J connectivity index is 1.84. The molecule has 6 nitrogen and oxygen atoms in total. The van der Waals surface area contributed by atoms with Crippen molar-refractivity contribution in [1.82, 2.24) is 15.1 Å². The van der Waals surface area contributed by atoms with Crippen LogP contribution in [0.15, 0.2) is 30.3 Å². The standard InChI is InChI=1S/C18H18ClN3O3S/c1-10(18(24)25)8-20-16(23)15-7-13-11(2)21-22(17(13)26-15)9-12-5-3-4-6-14(12)19/h3-7,10H,8-9H2,1-2H3,(H,20,23)(H,24,25). The van der Waals surface area contributed by atoms with E-state index in [9.17, 15) is 9.59 Å². The Hall–Kier alpha value is -2.38. The Morgan fingerprint density at radius 2 is 2.12 bits per heavy atom. The normalized spacial score (nSPS) is 12.3. The first-order valence-corrected chi connectivity index (χ1v) is 9.27. The molecular formula is C18H18ClN3O3S. The molecule has 0 radical (unpaired) electrons. The van der Waals surface area contributed by atoms with Crippen molar-refractivity contribution in [2.75, 3.05) is 6.54 Å². The Morgan fingerprint density at radius 3 is 2.81 bits per heavy atom. The van der Waals surface area contributed by atoms with Crippen LogP contribution < -0.4 is 5.32 Å². The summed E-state index contributed by atoms with van der Waals surface area (Å²) in [4.78, 5) is 24.6. The second-order valence-electron chi connectivity index (χ2n) is 6.11. The topological polar surface area (TPSA) is 84.2 Å². The van der Waals surface area contributed by atoms with Gasteiger partial charge in [0.15, 0.2) is 0 Å². The monoisotopic (exact) mass is 391 g/mol. The van der Waals surface area contributed by atoms with Gasteiger partial charge in [0.2, 0.25) is 0 Å². The summed E-state index contributed by atoms with van der Waals surface area (Å²) in [6, 6.07) is 9.38. The van der Waals surface area contributed by atoms with E-state index in [4.69, 9.17) is 16.7 Å². The number of aryl methyl sites for hydroxylation is 1. The molecule has 0 aliphatic heterocycles. The number of nitrogens with zero attached hydrogens (tertiary/aromatic N) is 2. The van der Waals surface area contributed by atoms with E-state index >= 15 is 0 Å². The van der Waals surface area contributed by atoms with Crippen LogP contribution >= 0.6 is 22.9 Å². The van der Waals surface area contributed by atoms with Gasteiger partial charge in [0.05, 0.1) is 23.0 Å². The highest BCUT2D eigenvalue weighted by molar-refractivity contribution is 7.20. The van der Waals surface area contributed by atoms with Crippen molar-refractivity contribution in [1.29, 1.82) is 0 Å².